The molecule has 0 bridgehead atoms. The summed E-state index contributed by atoms with van der Waals surface area (Å²) in [5.41, 5.74) is 0. The summed E-state index contributed by atoms with van der Waals surface area (Å²) in [4.78, 5) is 11.3. The van der Waals surface area contributed by atoms with Crippen molar-refractivity contribution in [2.24, 2.45) is 0 Å². The molecular weight excluding hydrogens is 214 g/mol. The molecule has 2 aliphatic rings. The lowest BCUT2D eigenvalue weighted by atomic mass is 9.94. The first-order chi connectivity index (χ1) is 7.39. The molecule has 0 aliphatic carbocycles. The fourth-order valence-corrected chi connectivity index (χ4v) is 2.09. The minimum Gasteiger partial charge on any atom is -0.390 e. The third-order valence-corrected chi connectivity index (χ3v) is 2.92. The summed E-state index contributed by atoms with van der Waals surface area (Å²) in [7, 11) is 0. The molecule has 2 heterocycles. The van der Waals surface area contributed by atoms with Crippen LogP contribution in [0.3, 0.4) is 0 Å². The lowest BCUT2D eigenvalue weighted by Gasteiger charge is -2.35. The van der Waals surface area contributed by atoms with E-state index in [2.05, 4.69) is 5.32 Å². The van der Waals surface area contributed by atoms with Crippen molar-refractivity contribution in [1.82, 2.24) is 5.32 Å². The third-order valence-electron chi connectivity index (χ3n) is 2.92. The van der Waals surface area contributed by atoms with E-state index >= 15 is 0 Å². The summed E-state index contributed by atoms with van der Waals surface area (Å²) in [6, 6.07) is -0.613. The molecule has 0 aromatic heterocycles. The monoisotopic (exact) mass is 231 g/mol. The van der Waals surface area contributed by atoms with E-state index in [0.29, 0.717) is 6.61 Å². The third kappa shape index (κ3) is 2.20. The lowest BCUT2D eigenvalue weighted by molar-refractivity contribution is -0.158. The molecular formula is C10H17NO5. The van der Waals surface area contributed by atoms with Crippen LogP contribution in [0.5, 0.6) is 0 Å². The fourth-order valence-electron chi connectivity index (χ4n) is 2.09. The van der Waals surface area contributed by atoms with Crippen LogP contribution in [0.4, 0.5) is 0 Å². The number of ether oxygens (including phenoxy) is 2. The number of piperidine rings is 1. The van der Waals surface area contributed by atoms with Crippen molar-refractivity contribution in [2.75, 3.05) is 6.61 Å². The first kappa shape index (κ1) is 11.8. The van der Waals surface area contributed by atoms with E-state index in [0.717, 1.165) is 0 Å². The Labute approximate surface area is 93.5 Å². The molecule has 0 radical (unpaired) electrons. The zero-order chi connectivity index (χ0) is 11.9. The van der Waals surface area contributed by atoms with Crippen molar-refractivity contribution in [2.45, 2.75) is 50.4 Å². The second-order valence-corrected chi connectivity index (χ2v) is 4.72. The van der Waals surface area contributed by atoms with Gasteiger partial charge in [-0.1, -0.05) is 0 Å². The average molecular weight is 231 g/mol. The number of carbonyl (C=O) groups is 1. The van der Waals surface area contributed by atoms with Gasteiger partial charge in [-0.2, -0.15) is 0 Å². The first-order valence-electron chi connectivity index (χ1n) is 5.36. The van der Waals surface area contributed by atoms with Gasteiger partial charge in [-0.05, 0) is 13.8 Å². The quantitative estimate of drug-likeness (QED) is 0.524. The lowest BCUT2D eigenvalue weighted by Crippen LogP contribution is -2.60. The van der Waals surface area contributed by atoms with Gasteiger partial charge in [-0.3, -0.25) is 4.79 Å². The Morgan fingerprint density at radius 3 is 2.69 bits per heavy atom. The molecule has 0 saturated carbocycles. The van der Waals surface area contributed by atoms with Gasteiger partial charge in [0.1, 0.15) is 12.2 Å². The van der Waals surface area contributed by atoms with Crippen molar-refractivity contribution >= 4 is 5.91 Å². The maximum Gasteiger partial charge on any atom is 0.223 e. The average Bonchev–Trinajstić information content (AvgIpc) is 2.52. The Bertz CT molecular complexity index is 293. The van der Waals surface area contributed by atoms with Crippen LogP contribution in [0.1, 0.15) is 20.3 Å². The van der Waals surface area contributed by atoms with Gasteiger partial charge in [0, 0.05) is 0 Å². The van der Waals surface area contributed by atoms with Crippen LogP contribution in [-0.2, 0) is 14.3 Å². The number of rotatable bonds is 1. The molecule has 1 amide bonds. The van der Waals surface area contributed by atoms with E-state index in [-0.39, 0.29) is 12.3 Å². The number of nitrogens with one attached hydrogen (secondary N) is 1. The molecule has 0 spiro atoms. The van der Waals surface area contributed by atoms with E-state index in [1.54, 1.807) is 13.8 Å². The number of aliphatic hydroxyl groups is 2. The number of hydrogen-bond donors (Lipinski definition) is 3. The second-order valence-electron chi connectivity index (χ2n) is 4.72. The summed E-state index contributed by atoms with van der Waals surface area (Å²) in [5, 5.41) is 21.9. The number of carbonyl (C=O) groups excluding carboxylic acids is 1. The summed E-state index contributed by atoms with van der Waals surface area (Å²) in [5.74, 6) is -0.992. The molecule has 6 heteroatoms. The van der Waals surface area contributed by atoms with Gasteiger partial charge < -0.3 is 25.0 Å². The first-order valence-corrected chi connectivity index (χ1v) is 5.36. The molecule has 6 nitrogen and oxygen atoms in total. The summed E-state index contributed by atoms with van der Waals surface area (Å²) < 4.78 is 10.9. The Morgan fingerprint density at radius 2 is 2.12 bits per heavy atom. The van der Waals surface area contributed by atoms with E-state index in [1.165, 1.54) is 0 Å². The molecule has 2 aliphatic heterocycles. The topological polar surface area (TPSA) is 88.0 Å². The molecule has 0 aromatic carbocycles. The summed E-state index contributed by atoms with van der Waals surface area (Å²) >= 11 is 0. The molecule has 2 rings (SSSR count). The number of aliphatic hydroxyl groups excluding tert-OH is 2. The van der Waals surface area contributed by atoms with Gasteiger partial charge in [0.25, 0.3) is 0 Å². The highest BCUT2D eigenvalue weighted by Crippen LogP contribution is 2.27. The van der Waals surface area contributed by atoms with Gasteiger partial charge in [-0.15, -0.1) is 0 Å². The SMILES string of the molecule is CC1(C)OC[C@H]([C@H]2NC(=O)C[C@@H](O)[C@@H]2O)O1. The van der Waals surface area contributed by atoms with Crippen LogP contribution in [0.2, 0.25) is 0 Å². The van der Waals surface area contributed by atoms with Gasteiger partial charge in [0.2, 0.25) is 5.91 Å². The summed E-state index contributed by atoms with van der Waals surface area (Å²) in [6.45, 7) is 3.82. The standard InChI is InChI=1S/C10H17NO5/c1-10(2)15-4-6(16-10)8-9(14)5(12)3-7(13)11-8/h5-6,8-9,12,14H,3-4H2,1-2H3,(H,11,13)/t5-,6-,8-,9+/m1/s1. The number of amides is 1. The highest BCUT2D eigenvalue weighted by Gasteiger charge is 2.45. The molecule has 2 fully saturated rings. The van der Waals surface area contributed by atoms with E-state index in [1.807, 2.05) is 0 Å². The highest BCUT2D eigenvalue weighted by atomic mass is 16.7. The zero-order valence-electron chi connectivity index (χ0n) is 9.34. The van der Waals surface area contributed by atoms with Crippen LogP contribution in [0.25, 0.3) is 0 Å². The molecule has 0 unspecified atom stereocenters. The van der Waals surface area contributed by atoms with Gasteiger partial charge in [-0.25, -0.2) is 0 Å². The van der Waals surface area contributed by atoms with E-state index in [4.69, 9.17) is 9.47 Å². The molecule has 92 valence electrons. The largest absolute Gasteiger partial charge is 0.390 e. The van der Waals surface area contributed by atoms with E-state index < -0.39 is 30.1 Å². The fraction of sp³-hybridized carbons (Fsp3) is 0.900. The van der Waals surface area contributed by atoms with Crippen LogP contribution in [0.15, 0.2) is 0 Å². The minimum absolute atomic E-state index is 0.0748. The Kier molecular flexibility index (Phi) is 2.91. The van der Waals surface area contributed by atoms with Crippen molar-refractivity contribution in [1.29, 1.82) is 0 Å². The Morgan fingerprint density at radius 1 is 1.44 bits per heavy atom. The predicted molar refractivity (Wildman–Crippen MR) is 53.5 cm³/mol. The highest BCUT2D eigenvalue weighted by molar-refractivity contribution is 5.78. The summed E-state index contributed by atoms with van der Waals surface area (Å²) in [6.07, 6.45) is -2.55. The van der Waals surface area contributed by atoms with Crippen molar-refractivity contribution in [3.05, 3.63) is 0 Å². The van der Waals surface area contributed by atoms with Gasteiger partial charge in [0.15, 0.2) is 5.79 Å². The molecule has 0 aromatic rings. The zero-order valence-corrected chi connectivity index (χ0v) is 9.34. The smallest absolute Gasteiger partial charge is 0.223 e. The van der Waals surface area contributed by atoms with Crippen LogP contribution in [-0.4, -0.2) is 52.9 Å². The van der Waals surface area contributed by atoms with Crippen molar-refractivity contribution in [3.63, 3.8) is 0 Å². The van der Waals surface area contributed by atoms with Gasteiger partial charge >= 0.3 is 0 Å². The maximum atomic E-state index is 11.3. The maximum absolute atomic E-state index is 11.3. The van der Waals surface area contributed by atoms with E-state index in [9.17, 15) is 15.0 Å². The molecule has 4 atom stereocenters. The van der Waals surface area contributed by atoms with Crippen molar-refractivity contribution in [3.8, 4) is 0 Å². The van der Waals surface area contributed by atoms with Crippen LogP contribution >= 0.6 is 0 Å². The second kappa shape index (κ2) is 3.96. The van der Waals surface area contributed by atoms with Gasteiger partial charge in [0.05, 0.1) is 25.2 Å². The Balaban J connectivity index is 2.05. The predicted octanol–water partition coefficient (Wildman–Crippen LogP) is -1.25. The van der Waals surface area contributed by atoms with Crippen LogP contribution < -0.4 is 5.32 Å². The molecule has 16 heavy (non-hydrogen) atoms. The number of hydrogen-bond acceptors (Lipinski definition) is 5. The molecule has 3 N–H and O–H groups in total. The Hall–Kier alpha value is -0.690. The normalized spacial score (nSPS) is 43.1. The van der Waals surface area contributed by atoms with Crippen LogP contribution in [0, 0.1) is 0 Å². The minimum atomic E-state index is -1.04. The van der Waals surface area contributed by atoms with Crippen molar-refractivity contribution < 1.29 is 24.5 Å². The molecule has 2 saturated heterocycles.